The molecule has 8 heteroatoms. The Kier molecular flexibility index (Phi) is 5.79. The van der Waals surface area contributed by atoms with Gasteiger partial charge in [-0.05, 0) is 12.1 Å². The molecule has 3 N–H and O–H groups in total. The fourth-order valence-electron chi connectivity index (χ4n) is 1.39. The summed E-state index contributed by atoms with van der Waals surface area (Å²) in [6.45, 7) is 1.00. The molecule has 0 fully saturated rings. The van der Waals surface area contributed by atoms with E-state index in [9.17, 15) is 14.4 Å². The standard InChI is InChI=1S/C12H12Cl2N2O4/c1-6(17)15-5-9(12(19)20)16-11(18)10-7(13)3-2-4-8(10)14/h2-4,9H,5H2,1H3,(H,15,17)(H,16,18)(H,19,20)/t9-/m1/s1. The first-order valence-corrected chi connectivity index (χ1v) is 6.30. The number of nitrogens with one attached hydrogen (secondary N) is 2. The van der Waals surface area contributed by atoms with Crippen LogP contribution in [-0.4, -0.2) is 35.5 Å². The van der Waals surface area contributed by atoms with E-state index in [1.54, 1.807) is 6.07 Å². The van der Waals surface area contributed by atoms with Crippen LogP contribution >= 0.6 is 23.2 Å². The molecule has 0 radical (unpaired) electrons. The number of halogens is 2. The molecule has 1 aromatic carbocycles. The maximum absolute atomic E-state index is 12.0. The summed E-state index contributed by atoms with van der Waals surface area (Å²) in [4.78, 5) is 33.8. The van der Waals surface area contributed by atoms with Gasteiger partial charge in [-0.15, -0.1) is 0 Å². The van der Waals surface area contributed by atoms with E-state index in [0.29, 0.717) is 0 Å². The van der Waals surface area contributed by atoms with Crippen molar-refractivity contribution in [3.05, 3.63) is 33.8 Å². The van der Waals surface area contributed by atoms with Crippen LogP contribution in [0.5, 0.6) is 0 Å². The van der Waals surface area contributed by atoms with E-state index in [4.69, 9.17) is 28.3 Å². The van der Waals surface area contributed by atoms with Crippen molar-refractivity contribution in [1.29, 1.82) is 0 Å². The van der Waals surface area contributed by atoms with E-state index < -0.39 is 23.8 Å². The van der Waals surface area contributed by atoms with Crippen LogP contribution in [0.25, 0.3) is 0 Å². The lowest BCUT2D eigenvalue weighted by Gasteiger charge is -2.15. The summed E-state index contributed by atoms with van der Waals surface area (Å²) < 4.78 is 0. The van der Waals surface area contributed by atoms with Crippen molar-refractivity contribution >= 4 is 41.0 Å². The quantitative estimate of drug-likeness (QED) is 0.762. The molecule has 0 aliphatic rings. The van der Waals surface area contributed by atoms with Crippen LogP contribution in [0.3, 0.4) is 0 Å². The summed E-state index contributed by atoms with van der Waals surface area (Å²) in [7, 11) is 0. The van der Waals surface area contributed by atoms with Gasteiger partial charge in [-0.3, -0.25) is 9.59 Å². The molecule has 0 saturated carbocycles. The molecule has 6 nitrogen and oxygen atoms in total. The molecule has 108 valence electrons. The highest BCUT2D eigenvalue weighted by atomic mass is 35.5. The number of carboxylic acid groups (broad SMARTS) is 1. The minimum atomic E-state index is -1.28. The third-order valence-corrected chi connectivity index (χ3v) is 2.98. The third-order valence-electron chi connectivity index (χ3n) is 2.35. The Hall–Kier alpha value is -1.79. The maximum atomic E-state index is 12.0. The number of rotatable bonds is 5. The van der Waals surface area contributed by atoms with Gasteiger partial charge in [0.25, 0.3) is 5.91 Å². The molecular weight excluding hydrogens is 307 g/mol. The molecular formula is C12H12Cl2N2O4. The minimum Gasteiger partial charge on any atom is -0.480 e. The van der Waals surface area contributed by atoms with Crippen molar-refractivity contribution in [2.24, 2.45) is 0 Å². The average molecular weight is 319 g/mol. The summed E-state index contributed by atoms with van der Waals surface area (Å²) in [5.74, 6) is -2.41. The third kappa shape index (κ3) is 4.40. The van der Waals surface area contributed by atoms with Crippen molar-refractivity contribution < 1.29 is 19.5 Å². The maximum Gasteiger partial charge on any atom is 0.328 e. The van der Waals surface area contributed by atoms with E-state index in [1.165, 1.54) is 19.1 Å². The van der Waals surface area contributed by atoms with Crippen LogP contribution in [0.15, 0.2) is 18.2 Å². The molecule has 1 rings (SSSR count). The number of hydrogen-bond acceptors (Lipinski definition) is 3. The molecule has 1 aromatic rings. The predicted molar refractivity (Wildman–Crippen MR) is 74.0 cm³/mol. The largest absolute Gasteiger partial charge is 0.480 e. The topological polar surface area (TPSA) is 95.5 Å². The molecule has 0 saturated heterocycles. The highest BCUT2D eigenvalue weighted by Gasteiger charge is 2.23. The van der Waals surface area contributed by atoms with Crippen LogP contribution < -0.4 is 10.6 Å². The van der Waals surface area contributed by atoms with Crippen LogP contribution in [0.1, 0.15) is 17.3 Å². The Bertz CT molecular complexity index is 528. The fourth-order valence-corrected chi connectivity index (χ4v) is 1.96. The Morgan fingerprint density at radius 3 is 2.25 bits per heavy atom. The molecule has 20 heavy (non-hydrogen) atoms. The average Bonchev–Trinajstić information content (AvgIpc) is 2.33. The lowest BCUT2D eigenvalue weighted by atomic mass is 10.2. The van der Waals surface area contributed by atoms with Crippen LogP contribution in [-0.2, 0) is 9.59 Å². The first-order chi connectivity index (χ1) is 9.32. The molecule has 0 spiro atoms. The smallest absolute Gasteiger partial charge is 0.328 e. The van der Waals surface area contributed by atoms with Gasteiger partial charge in [0.15, 0.2) is 0 Å². The monoisotopic (exact) mass is 318 g/mol. The van der Waals surface area contributed by atoms with Gasteiger partial charge in [0.2, 0.25) is 5.91 Å². The highest BCUT2D eigenvalue weighted by molar-refractivity contribution is 6.39. The number of carbonyl (C=O) groups excluding carboxylic acids is 2. The van der Waals surface area contributed by atoms with E-state index in [1.807, 2.05) is 0 Å². The van der Waals surface area contributed by atoms with Gasteiger partial charge in [-0.25, -0.2) is 4.79 Å². The van der Waals surface area contributed by atoms with E-state index in [0.717, 1.165) is 0 Å². The number of benzene rings is 1. The van der Waals surface area contributed by atoms with Gasteiger partial charge in [-0.2, -0.15) is 0 Å². The first kappa shape index (κ1) is 16.3. The molecule has 2 amide bonds. The van der Waals surface area contributed by atoms with Gasteiger partial charge in [0.05, 0.1) is 15.6 Å². The molecule has 0 aromatic heterocycles. The summed E-state index contributed by atoms with van der Waals surface area (Å²) >= 11 is 11.7. The number of amides is 2. The Morgan fingerprint density at radius 2 is 1.80 bits per heavy atom. The number of carbonyl (C=O) groups is 3. The molecule has 0 aliphatic heterocycles. The molecule has 1 atom stereocenters. The zero-order valence-electron chi connectivity index (χ0n) is 10.4. The van der Waals surface area contributed by atoms with Crippen LogP contribution in [0, 0.1) is 0 Å². The van der Waals surface area contributed by atoms with Gasteiger partial charge in [-0.1, -0.05) is 29.3 Å². The summed E-state index contributed by atoms with van der Waals surface area (Å²) in [6, 6.07) is 3.21. The van der Waals surface area contributed by atoms with Gasteiger partial charge < -0.3 is 15.7 Å². The second kappa shape index (κ2) is 7.12. The van der Waals surface area contributed by atoms with Gasteiger partial charge in [0.1, 0.15) is 6.04 Å². The molecule has 0 aliphatic carbocycles. The number of hydrogen-bond donors (Lipinski definition) is 3. The van der Waals surface area contributed by atoms with Crippen LogP contribution in [0.2, 0.25) is 10.0 Å². The minimum absolute atomic E-state index is 0.00934. The predicted octanol–water partition coefficient (Wildman–Crippen LogP) is 1.31. The second-order valence-electron chi connectivity index (χ2n) is 3.90. The second-order valence-corrected chi connectivity index (χ2v) is 4.71. The number of carboxylic acids is 1. The van der Waals surface area contributed by atoms with Crippen LogP contribution in [0.4, 0.5) is 0 Å². The fraction of sp³-hybridized carbons (Fsp3) is 0.250. The molecule has 0 bridgehead atoms. The number of aliphatic carboxylic acids is 1. The lowest BCUT2D eigenvalue weighted by Crippen LogP contribution is -2.48. The summed E-state index contributed by atoms with van der Waals surface area (Å²) in [5, 5.41) is 13.8. The zero-order chi connectivity index (χ0) is 15.3. The van der Waals surface area contributed by atoms with E-state index in [2.05, 4.69) is 10.6 Å². The Labute approximate surface area is 125 Å². The molecule has 0 unspecified atom stereocenters. The Balaban J connectivity index is 2.86. The van der Waals surface area contributed by atoms with Gasteiger partial charge >= 0.3 is 5.97 Å². The van der Waals surface area contributed by atoms with Crippen molar-refractivity contribution in [1.82, 2.24) is 10.6 Å². The van der Waals surface area contributed by atoms with E-state index >= 15 is 0 Å². The lowest BCUT2D eigenvalue weighted by molar-refractivity contribution is -0.139. The Morgan fingerprint density at radius 1 is 1.25 bits per heavy atom. The van der Waals surface area contributed by atoms with E-state index in [-0.39, 0.29) is 22.2 Å². The highest BCUT2D eigenvalue weighted by Crippen LogP contribution is 2.24. The van der Waals surface area contributed by atoms with Crippen molar-refractivity contribution in [2.45, 2.75) is 13.0 Å². The normalized spacial score (nSPS) is 11.6. The summed E-state index contributed by atoms with van der Waals surface area (Å²) in [5.41, 5.74) is -0.00934. The zero-order valence-corrected chi connectivity index (χ0v) is 12.0. The SMILES string of the molecule is CC(=O)NC[C@@H](NC(=O)c1c(Cl)cccc1Cl)C(=O)O. The first-order valence-electron chi connectivity index (χ1n) is 5.55. The van der Waals surface area contributed by atoms with Crippen molar-refractivity contribution in [3.63, 3.8) is 0 Å². The summed E-state index contributed by atoms with van der Waals surface area (Å²) in [6.07, 6.45) is 0. The van der Waals surface area contributed by atoms with Crippen molar-refractivity contribution in [2.75, 3.05) is 6.54 Å². The van der Waals surface area contributed by atoms with Crippen molar-refractivity contribution in [3.8, 4) is 0 Å². The van der Waals surface area contributed by atoms with Gasteiger partial charge in [0, 0.05) is 13.5 Å². The molecule has 0 heterocycles.